The van der Waals surface area contributed by atoms with Crippen molar-refractivity contribution in [1.29, 1.82) is 0 Å². The molecule has 140 valence electrons. The van der Waals surface area contributed by atoms with Gasteiger partial charge in [0.05, 0.1) is 0 Å². The van der Waals surface area contributed by atoms with Crippen LogP contribution in [0.25, 0.3) is 0 Å². The minimum atomic E-state index is 0.776. The fourth-order valence-corrected chi connectivity index (χ4v) is 5.91. The molecule has 23 heavy (non-hydrogen) atoms. The first-order valence-electron chi connectivity index (χ1n) is 10.2. The first kappa shape index (κ1) is 23.4. The van der Waals surface area contributed by atoms with Crippen LogP contribution in [0.1, 0.15) is 82.1 Å². The van der Waals surface area contributed by atoms with Crippen molar-refractivity contribution in [3.05, 3.63) is 0 Å². The predicted octanol–water partition coefficient (Wildman–Crippen LogP) is 7.63. The van der Waals surface area contributed by atoms with Gasteiger partial charge in [-0.15, -0.1) is 0 Å². The fourth-order valence-electron chi connectivity index (χ4n) is 4.48. The van der Waals surface area contributed by atoms with Crippen LogP contribution in [-0.4, -0.2) is 11.5 Å². The number of hydrogen-bond acceptors (Lipinski definition) is 1. The van der Waals surface area contributed by atoms with E-state index in [1.54, 1.807) is 0 Å². The molecule has 0 aliphatic heterocycles. The highest BCUT2D eigenvalue weighted by Crippen LogP contribution is 2.41. The van der Waals surface area contributed by atoms with Gasteiger partial charge in [-0.05, 0) is 53.6 Å². The van der Waals surface area contributed by atoms with Crippen molar-refractivity contribution in [2.75, 3.05) is 6.26 Å². The summed E-state index contributed by atoms with van der Waals surface area (Å²) in [6, 6.07) is 0. The number of rotatable bonds is 11. The lowest BCUT2D eigenvalue weighted by molar-refractivity contribution is 0.121. The molecule has 0 heterocycles. The van der Waals surface area contributed by atoms with E-state index in [9.17, 15) is 0 Å². The summed E-state index contributed by atoms with van der Waals surface area (Å²) in [4.78, 5) is 0. The summed E-state index contributed by atoms with van der Waals surface area (Å²) in [5.74, 6) is 6.49. The van der Waals surface area contributed by atoms with Gasteiger partial charge in [-0.3, -0.25) is 0 Å². The summed E-state index contributed by atoms with van der Waals surface area (Å²) >= 11 is 2.10. The first-order chi connectivity index (χ1) is 10.6. The summed E-state index contributed by atoms with van der Waals surface area (Å²) in [5, 5.41) is 0.781. The highest BCUT2D eigenvalue weighted by Gasteiger charge is 2.34. The van der Waals surface area contributed by atoms with Crippen LogP contribution < -0.4 is 0 Å². The summed E-state index contributed by atoms with van der Waals surface area (Å²) < 4.78 is 0. The predicted molar refractivity (Wildman–Crippen MR) is 111 cm³/mol. The molecule has 0 aliphatic carbocycles. The third kappa shape index (κ3) is 6.29. The maximum atomic E-state index is 2.52. The quantitative estimate of drug-likeness (QED) is 0.372. The van der Waals surface area contributed by atoms with Crippen molar-refractivity contribution in [2.24, 2.45) is 47.3 Å². The number of thioether (sulfide) groups is 1. The zero-order chi connectivity index (χ0) is 18.3. The van der Waals surface area contributed by atoms with E-state index in [2.05, 4.69) is 87.3 Å². The van der Waals surface area contributed by atoms with E-state index in [1.807, 2.05) is 0 Å². The van der Waals surface area contributed by atoms with Crippen LogP contribution in [0.5, 0.6) is 0 Å². The van der Waals surface area contributed by atoms with Crippen LogP contribution in [-0.2, 0) is 0 Å². The lowest BCUT2D eigenvalue weighted by Crippen LogP contribution is -2.36. The van der Waals surface area contributed by atoms with Gasteiger partial charge in [0.1, 0.15) is 0 Å². The molecule has 0 bridgehead atoms. The van der Waals surface area contributed by atoms with Crippen LogP contribution in [0.3, 0.4) is 0 Å². The van der Waals surface area contributed by atoms with Crippen LogP contribution in [0.2, 0.25) is 0 Å². The summed E-state index contributed by atoms with van der Waals surface area (Å²) in [6.07, 6.45) is 4.97. The van der Waals surface area contributed by atoms with Gasteiger partial charge in [-0.2, -0.15) is 11.8 Å². The van der Waals surface area contributed by atoms with Gasteiger partial charge < -0.3 is 0 Å². The molecule has 0 radical (unpaired) electrons. The van der Waals surface area contributed by atoms with Crippen LogP contribution >= 0.6 is 11.8 Å². The van der Waals surface area contributed by atoms with Crippen LogP contribution in [0.15, 0.2) is 0 Å². The lowest BCUT2D eigenvalue weighted by atomic mass is 9.68. The molecule has 7 unspecified atom stereocenters. The topological polar surface area (TPSA) is 0 Å². The highest BCUT2D eigenvalue weighted by molar-refractivity contribution is 7.99. The van der Waals surface area contributed by atoms with Crippen molar-refractivity contribution in [3.8, 4) is 0 Å². The Morgan fingerprint density at radius 3 is 1.30 bits per heavy atom. The summed E-state index contributed by atoms with van der Waals surface area (Å²) in [5.41, 5.74) is 0. The molecule has 0 fully saturated rings. The lowest BCUT2D eigenvalue weighted by Gasteiger charge is -2.40. The first-order valence-corrected chi connectivity index (χ1v) is 11.4. The average Bonchev–Trinajstić information content (AvgIpc) is 2.53. The zero-order valence-electron chi connectivity index (χ0n) is 18.0. The molecule has 7 atom stereocenters. The second kappa shape index (κ2) is 11.1. The Balaban J connectivity index is 5.00. The normalized spacial score (nSPS) is 21.8. The van der Waals surface area contributed by atoms with Crippen LogP contribution in [0.4, 0.5) is 0 Å². The molecule has 0 aromatic heterocycles. The molecule has 0 amide bonds. The molecule has 0 saturated heterocycles. The SMILES string of the molecule is CCC(CC)C(C)C(C)C(C)C(C)C(C)C(SC)C(C)C(C)C. The second-order valence-corrected chi connectivity index (χ2v) is 9.69. The molecule has 0 nitrogen and oxygen atoms in total. The highest BCUT2D eigenvalue weighted by atomic mass is 32.2. The minimum Gasteiger partial charge on any atom is -0.161 e. The minimum absolute atomic E-state index is 0.776. The maximum Gasteiger partial charge on any atom is 0.0101 e. The molecule has 0 rings (SSSR count). The standard InChI is InChI=1S/C22H46S/c1-12-21(13-2)19(9)17(7)16(6)18(8)20(10)22(23-11)15(5)14(3)4/h14-22H,12-13H2,1-11H3. The van der Waals surface area contributed by atoms with Gasteiger partial charge in [0, 0.05) is 5.25 Å². The van der Waals surface area contributed by atoms with E-state index in [4.69, 9.17) is 0 Å². The van der Waals surface area contributed by atoms with Gasteiger partial charge in [-0.1, -0.05) is 82.1 Å². The monoisotopic (exact) mass is 342 g/mol. The van der Waals surface area contributed by atoms with E-state index in [1.165, 1.54) is 12.8 Å². The second-order valence-electron chi connectivity index (χ2n) is 8.68. The van der Waals surface area contributed by atoms with Crippen molar-refractivity contribution >= 4 is 11.8 Å². The Kier molecular flexibility index (Phi) is 11.2. The fraction of sp³-hybridized carbons (Fsp3) is 1.00. The van der Waals surface area contributed by atoms with Crippen molar-refractivity contribution < 1.29 is 0 Å². The molecule has 0 aromatic carbocycles. The van der Waals surface area contributed by atoms with E-state index < -0.39 is 0 Å². The van der Waals surface area contributed by atoms with E-state index in [0.29, 0.717) is 0 Å². The van der Waals surface area contributed by atoms with Gasteiger partial charge in [-0.25, -0.2) is 0 Å². The molecule has 1 heteroatoms. The van der Waals surface area contributed by atoms with Gasteiger partial charge in [0.25, 0.3) is 0 Å². The van der Waals surface area contributed by atoms with E-state index in [0.717, 1.165) is 52.6 Å². The molecular weight excluding hydrogens is 296 g/mol. The Morgan fingerprint density at radius 1 is 0.565 bits per heavy atom. The Morgan fingerprint density at radius 2 is 0.957 bits per heavy atom. The summed E-state index contributed by atoms with van der Waals surface area (Å²) in [6.45, 7) is 24.5. The largest absolute Gasteiger partial charge is 0.161 e. The Labute approximate surface area is 153 Å². The number of hydrogen-bond donors (Lipinski definition) is 0. The molecule has 0 aliphatic rings. The Hall–Kier alpha value is 0.350. The van der Waals surface area contributed by atoms with Crippen molar-refractivity contribution in [2.45, 2.75) is 87.3 Å². The van der Waals surface area contributed by atoms with Crippen LogP contribution in [0, 0.1) is 47.3 Å². The molecule has 0 spiro atoms. The average molecular weight is 343 g/mol. The molecule has 0 saturated carbocycles. The van der Waals surface area contributed by atoms with E-state index >= 15 is 0 Å². The Bertz CT molecular complexity index is 294. The van der Waals surface area contributed by atoms with Gasteiger partial charge in [0.15, 0.2) is 0 Å². The molecule has 0 aromatic rings. The summed E-state index contributed by atoms with van der Waals surface area (Å²) in [7, 11) is 0. The van der Waals surface area contributed by atoms with E-state index in [-0.39, 0.29) is 0 Å². The van der Waals surface area contributed by atoms with Gasteiger partial charge >= 0.3 is 0 Å². The van der Waals surface area contributed by atoms with Crippen molar-refractivity contribution in [1.82, 2.24) is 0 Å². The third-order valence-electron chi connectivity index (χ3n) is 7.47. The molecular formula is C22H46S. The third-order valence-corrected chi connectivity index (χ3v) is 8.87. The molecule has 0 N–H and O–H groups in total. The zero-order valence-corrected chi connectivity index (χ0v) is 18.8. The maximum absolute atomic E-state index is 2.52. The smallest absolute Gasteiger partial charge is 0.0101 e. The van der Waals surface area contributed by atoms with Crippen molar-refractivity contribution in [3.63, 3.8) is 0 Å². The van der Waals surface area contributed by atoms with Gasteiger partial charge in [0.2, 0.25) is 0 Å².